The normalized spacial score (nSPS) is 15.6. The highest BCUT2D eigenvalue weighted by Crippen LogP contribution is 2.49. The number of nitrogens with one attached hydrogen (secondary N) is 2. The number of ether oxygens (including phenoxy) is 2. The summed E-state index contributed by atoms with van der Waals surface area (Å²) in [5.41, 5.74) is -1.74. The number of rotatable bonds is 17. The zero-order valence-electron chi connectivity index (χ0n) is 32.0. The van der Waals surface area contributed by atoms with Gasteiger partial charge in [-0.05, 0) is 119 Å². The fourth-order valence-corrected chi connectivity index (χ4v) is 10.9. The van der Waals surface area contributed by atoms with Gasteiger partial charge < -0.3 is 19.7 Å². The van der Waals surface area contributed by atoms with E-state index in [0.29, 0.717) is 26.0 Å². The zero-order valence-corrected chi connectivity index (χ0v) is 38.0. The number of aliphatic hydroxyl groups excluding tert-OH is 2. The topological polar surface area (TPSA) is 151 Å². The Labute approximate surface area is 371 Å². The summed E-state index contributed by atoms with van der Waals surface area (Å²) in [5, 5.41) is 18.7. The minimum atomic E-state index is -4.26. The third-order valence-corrected chi connectivity index (χ3v) is 16.0. The van der Waals surface area contributed by atoms with Gasteiger partial charge >= 0.3 is 0 Å². The number of halogens is 8. The summed E-state index contributed by atoms with van der Waals surface area (Å²) in [6, 6.07) is 10.0. The standard InChI is InChI=1S/C20H21F3INO5S.C20H19F3INO3S/c1-30-17-8-16(22)19(25-31(28,29)20(4-5-20)9-13(27)10-26)14(18(17)23)6-11-2-3-12(24)7-15(11)21;1-3-6-20(7-8-20)29(26,27)25-19-14(18(23)17(28-2)11-16(19)22)9-12-4-5-13(24)10-15(12)21/h2-3,7-8,13,25-27H,4-6,9-10H2,1H3;3-5,10-11,25H,1,6-9H2,2H3. The fraction of sp³-hybridized carbons (Fsp3) is 0.350. The Balaban J connectivity index is 0.000000228. The van der Waals surface area contributed by atoms with Crippen molar-refractivity contribution in [1.29, 1.82) is 0 Å². The van der Waals surface area contributed by atoms with Gasteiger partial charge in [-0.15, -0.1) is 6.58 Å². The van der Waals surface area contributed by atoms with Crippen LogP contribution < -0.4 is 18.9 Å². The number of hydrogen-bond donors (Lipinski definition) is 4. The molecule has 0 bridgehead atoms. The lowest BCUT2D eigenvalue weighted by Crippen LogP contribution is -2.35. The van der Waals surface area contributed by atoms with Gasteiger partial charge in [0.15, 0.2) is 34.8 Å². The van der Waals surface area contributed by atoms with Crippen molar-refractivity contribution in [2.24, 2.45) is 0 Å². The largest absolute Gasteiger partial charge is 0.494 e. The third kappa shape index (κ3) is 10.3. The van der Waals surface area contributed by atoms with Gasteiger partial charge in [-0.25, -0.2) is 43.2 Å². The molecule has 1 unspecified atom stereocenters. The zero-order chi connectivity index (χ0) is 44.4. The highest BCUT2D eigenvalue weighted by atomic mass is 127. The van der Waals surface area contributed by atoms with Gasteiger partial charge in [0.25, 0.3) is 0 Å². The maximum absolute atomic E-state index is 15.0. The van der Waals surface area contributed by atoms with E-state index in [9.17, 15) is 43.9 Å². The Kier molecular flexibility index (Phi) is 15.1. The molecule has 0 aromatic heterocycles. The minimum absolute atomic E-state index is 0.0456. The van der Waals surface area contributed by atoms with E-state index in [1.807, 2.05) is 45.2 Å². The summed E-state index contributed by atoms with van der Waals surface area (Å²) in [5.74, 6) is -6.12. The van der Waals surface area contributed by atoms with Crippen LogP contribution in [0.2, 0.25) is 0 Å². The maximum atomic E-state index is 15.0. The molecule has 4 N–H and O–H groups in total. The van der Waals surface area contributed by atoms with Crippen molar-refractivity contribution in [3.05, 3.63) is 125 Å². The molecule has 6 rings (SSSR count). The highest BCUT2D eigenvalue weighted by molar-refractivity contribution is 14.1. The molecule has 60 heavy (non-hydrogen) atoms. The van der Waals surface area contributed by atoms with Crippen molar-refractivity contribution in [1.82, 2.24) is 0 Å². The van der Waals surface area contributed by atoms with Crippen LogP contribution in [0.1, 0.15) is 60.8 Å². The SMILES string of the molecule is C=CCC1(S(=O)(=O)Nc2c(F)cc(OC)c(F)c2Cc2ccc(I)cc2F)CC1.COc1cc(F)c(NS(=O)(=O)C2(CC(O)CO)CC2)c(Cc2ccc(I)cc2F)c1F. The van der Waals surface area contributed by atoms with E-state index >= 15 is 4.39 Å². The molecule has 1 atom stereocenters. The van der Waals surface area contributed by atoms with Crippen LogP contribution >= 0.6 is 45.2 Å². The molecule has 2 aliphatic rings. The summed E-state index contributed by atoms with van der Waals surface area (Å²) >= 11 is 3.84. The molecule has 326 valence electrons. The van der Waals surface area contributed by atoms with Crippen molar-refractivity contribution in [2.75, 3.05) is 30.3 Å². The lowest BCUT2D eigenvalue weighted by atomic mass is 10.0. The summed E-state index contributed by atoms with van der Waals surface area (Å²) in [7, 11) is -5.98. The molecule has 4 aromatic rings. The smallest absolute Gasteiger partial charge is 0.238 e. The second-order valence-electron chi connectivity index (χ2n) is 14.4. The van der Waals surface area contributed by atoms with Crippen LogP contribution in [0.25, 0.3) is 0 Å². The molecule has 0 spiro atoms. The lowest BCUT2D eigenvalue weighted by Gasteiger charge is -2.22. The molecule has 4 aromatic carbocycles. The first-order chi connectivity index (χ1) is 28.2. The van der Waals surface area contributed by atoms with Gasteiger partial charge in [0.2, 0.25) is 20.0 Å². The maximum Gasteiger partial charge on any atom is 0.238 e. The van der Waals surface area contributed by atoms with Crippen molar-refractivity contribution in [2.45, 2.75) is 67.0 Å². The van der Waals surface area contributed by atoms with Crippen LogP contribution in [-0.2, 0) is 32.9 Å². The Hall–Kier alpha value is -3.32. The molecule has 0 radical (unpaired) electrons. The van der Waals surface area contributed by atoms with E-state index in [1.165, 1.54) is 37.5 Å². The molecule has 20 heteroatoms. The van der Waals surface area contributed by atoms with Gasteiger partial charge in [-0.1, -0.05) is 18.2 Å². The average Bonchev–Trinajstić information content (AvgIpc) is 4.13. The van der Waals surface area contributed by atoms with Gasteiger partial charge in [0.1, 0.15) is 11.6 Å². The van der Waals surface area contributed by atoms with Crippen LogP contribution in [0.4, 0.5) is 37.7 Å². The Morgan fingerprint density at radius 2 is 1.12 bits per heavy atom. The molecule has 2 fully saturated rings. The summed E-state index contributed by atoms with van der Waals surface area (Å²) in [6.45, 7) is 2.94. The number of methoxy groups -OCH3 is 2. The number of aliphatic hydroxyl groups is 2. The van der Waals surface area contributed by atoms with Crippen molar-refractivity contribution in [3.8, 4) is 11.5 Å². The van der Waals surface area contributed by atoms with Gasteiger partial charge in [-0.2, -0.15) is 0 Å². The second kappa shape index (κ2) is 19.0. The molecular weight excluding hydrogens is 1070 g/mol. The van der Waals surface area contributed by atoms with Crippen LogP contribution in [0.15, 0.2) is 61.2 Å². The van der Waals surface area contributed by atoms with E-state index in [1.54, 1.807) is 12.1 Å². The van der Waals surface area contributed by atoms with E-state index in [2.05, 4.69) is 16.0 Å². The summed E-state index contributed by atoms with van der Waals surface area (Å²) in [4.78, 5) is 0. The first-order valence-electron chi connectivity index (χ1n) is 18.1. The van der Waals surface area contributed by atoms with Crippen LogP contribution in [-0.4, -0.2) is 63.5 Å². The van der Waals surface area contributed by atoms with Crippen molar-refractivity contribution >= 4 is 76.6 Å². The minimum Gasteiger partial charge on any atom is -0.494 e. The Bertz CT molecular complexity index is 2510. The molecule has 0 saturated heterocycles. The fourth-order valence-electron chi connectivity index (χ4n) is 6.55. The average molecular weight is 1110 g/mol. The van der Waals surface area contributed by atoms with E-state index in [-0.39, 0.29) is 48.8 Å². The molecule has 10 nitrogen and oxygen atoms in total. The predicted molar refractivity (Wildman–Crippen MR) is 231 cm³/mol. The van der Waals surface area contributed by atoms with E-state index in [4.69, 9.17) is 14.6 Å². The summed E-state index contributed by atoms with van der Waals surface area (Å²) in [6.07, 6.45) is 0.578. The molecule has 2 saturated carbocycles. The summed E-state index contributed by atoms with van der Waals surface area (Å²) < 4.78 is 153. The number of benzene rings is 4. The van der Waals surface area contributed by atoms with Gasteiger partial charge in [0, 0.05) is 43.2 Å². The van der Waals surface area contributed by atoms with Gasteiger partial charge in [-0.3, -0.25) is 9.44 Å². The quantitative estimate of drug-likeness (QED) is 0.0468. The predicted octanol–water partition coefficient (Wildman–Crippen LogP) is 8.48. The van der Waals surface area contributed by atoms with Crippen LogP contribution in [0, 0.1) is 42.0 Å². The number of allylic oxidation sites excluding steroid dienone is 1. The van der Waals surface area contributed by atoms with E-state index in [0.717, 1.165) is 13.2 Å². The molecule has 2 aliphatic carbocycles. The second-order valence-corrected chi connectivity index (χ2v) is 21.0. The Morgan fingerprint density at radius 3 is 1.45 bits per heavy atom. The highest BCUT2D eigenvalue weighted by Gasteiger charge is 2.56. The first kappa shape index (κ1) is 47.7. The van der Waals surface area contributed by atoms with Gasteiger partial charge in [0.05, 0.1) is 47.8 Å². The first-order valence-corrected chi connectivity index (χ1v) is 23.2. The molecular formula is C40H40F6I2N2O8S2. The van der Waals surface area contributed by atoms with Crippen molar-refractivity contribution in [3.63, 3.8) is 0 Å². The van der Waals surface area contributed by atoms with Crippen molar-refractivity contribution < 1.29 is 62.9 Å². The number of anilines is 2. The molecule has 0 aliphatic heterocycles. The third-order valence-electron chi connectivity index (χ3n) is 10.3. The molecule has 0 amide bonds. The van der Waals surface area contributed by atoms with Crippen LogP contribution in [0.5, 0.6) is 11.5 Å². The number of hydrogen-bond acceptors (Lipinski definition) is 8. The Morgan fingerprint density at radius 1 is 0.717 bits per heavy atom. The lowest BCUT2D eigenvalue weighted by molar-refractivity contribution is 0.0858. The van der Waals surface area contributed by atoms with E-state index < -0.39 is 112 Å². The van der Waals surface area contributed by atoms with Crippen LogP contribution in [0.3, 0.4) is 0 Å². The number of sulfonamides is 2. The monoisotopic (exact) mass is 1110 g/mol. The molecule has 0 heterocycles.